The van der Waals surface area contributed by atoms with Crippen molar-refractivity contribution in [3.05, 3.63) is 94.1 Å². The van der Waals surface area contributed by atoms with Crippen LogP contribution in [0.3, 0.4) is 0 Å². The summed E-state index contributed by atoms with van der Waals surface area (Å²) < 4.78 is 6.06. The van der Waals surface area contributed by atoms with E-state index in [0.717, 1.165) is 58.4 Å². The Kier molecular flexibility index (Phi) is 9.19. The number of nitrogens with one attached hydrogen (secondary N) is 2. The van der Waals surface area contributed by atoms with Crippen LogP contribution in [0.4, 0.5) is 5.69 Å². The first kappa shape index (κ1) is 29.7. The molecule has 3 aromatic carbocycles. The van der Waals surface area contributed by atoms with Gasteiger partial charge in [0, 0.05) is 40.6 Å². The Hall–Kier alpha value is -3.81. The Morgan fingerprint density at radius 2 is 1.86 bits per heavy atom. The summed E-state index contributed by atoms with van der Waals surface area (Å²) in [6.07, 6.45) is 2.51. The number of carbonyl (C=O) groups excluding carboxylic acids is 2. The number of aromatic nitrogens is 1. The zero-order chi connectivity index (χ0) is 29.8. The molecule has 1 aliphatic heterocycles. The molecule has 2 N–H and O–H groups in total. The number of anilines is 1. The molecule has 0 saturated heterocycles. The van der Waals surface area contributed by atoms with Gasteiger partial charge in [-0.1, -0.05) is 62.2 Å². The Morgan fingerprint density at radius 1 is 1.12 bits per heavy atom. The van der Waals surface area contributed by atoms with Crippen LogP contribution >= 0.6 is 11.6 Å². The summed E-state index contributed by atoms with van der Waals surface area (Å²) in [5, 5.41) is 8.66. The number of hydrogen-bond acceptors (Lipinski definition) is 4. The van der Waals surface area contributed by atoms with Crippen molar-refractivity contribution in [2.45, 2.75) is 46.6 Å². The molecule has 0 saturated carbocycles. The highest BCUT2D eigenvalue weighted by Crippen LogP contribution is 2.41. The predicted octanol–water partition coefficient (Wildman–Crippen LogP) is 6.83. The third kappa shape index (κ3) is 6.48. The molecule has 2 heterocycles. The minimum atomic E-state index is -0.218. The number of rotatable bonds is 11. The van der Waals surface area contributed by atoms with Crippen molar-refractivity contribution >= 4 is 40.5 Å². The number of ether oxygens (including phenoxy) is 1. The molecule has 1 aliphatic rings. The van der Waals surface area contributed by atoms with Crippen LogP contribution in [-0.2, 0) is 16.0 Å². The predicted molar refractivity (Wildman–Crippen MR) is 169 cm³/mol. The summed E-state index contributed by atoms with van der Waals surface area (Å²) in [4.78, 5) is 28.0. The molecule has 0 aliphatic carbocycles. The summed E-state index contributed by atoms with van der Waals surface area (Å²) in [6, 6.07) is 21.8. The zero-order valence-corrected chi connectivity index (χ0v) is 25.4. The van der Waals surface area contributed by atoms with E-state index in [4.69, 9.17) is 16.3 Å². The van der Waals surface area contributed by atoms with Crippen LogP contribution in [0.5, 0.6) is 5.75 Å². The van der Waals surface area contributed by atoms with Gasteiger partial charge in [0.1, 0.15) is 5.75 Å². The highest BCUT2D eigenvalue weighted by atomic mass is 35.5. The number of fused-ring (bicyclic) bond motifs is 3. The Labute approximate surface area is 252 Å². The Bertz CT molecular complexity index is 1530. The first-order chi connectivity index (χ1) is 20.2. The first-order valence-electron chi connectivity index (χ1n) is 14.6. The third-order valence-electron chi connectivity index (χ3n) is 7.96. The smallest absolute Gasteiger partial charge is 0.228 e. The van der Waals surface area contributed by atoms with Crippen molar-refractivity contribution in [1.82, 2.24) is 15.3 Å². The average molecular weight is 587 g/mol. The zero-order valence-electron chi connectivity index (χ0n) is 24.7. The molecule has 0 spiro atoms. The molecule has 4 aromatic rings. The highest BCUT2D eigenvalue weighted by molar-refractivity contribution is 6.31. The number of amides is 2. The fraction of sp³-hybridized carbons (Fsp3) is 0.353. The largest absolute Gasteiger partial charge is 0.494 e. The number of aromatic amines is 1. The van der Waals surface area contributed by atoms with Gasteiger partial charge in [-0.3, -0.25) is 9.59 Å². The van der Waals surface area contributed by atoms with E-state index in [1.54, 1.807) is 5.01 Å². The van der Waals surface area contributed by atoms with Crippen LogP contribution in [0.1, 0.15) is 55.6 Å². The summed E-state index contributed by atoms with van der Waals surface area (Å²) in [5.41, 5.74) is 6.32. The second kappa shape index (κ2) is 13.0. The van der Waals surface area contributed by atoms with Gasteiger partial charge >= 0.3 is 0 Å². The fourth-order valence-electron chi connectivity index (χ4n) is 5.49. The maximum absolute atomic E-state index is 12.6. The normalized spacial score (nSPS) is 15.8. The van der Waals surface area contributed by atoms with Crippen molar-refractivity contribution in [2.24, 2.45) is 11.8 Å². The van der Waals surface area contributed by atoms with Crippen molar-refractivity contribution in [2.75, 3.05) is 24.7 Å². The average Bonchev–Trinajstić information content (AvgIpc) is 3.35. The number of nitrogens with zero attached hydrogens (tertiary/aromatic N) is 2. The number of carbonyl (C=O) groups is 2. The molecule has 1 aromatic heterocycles. The Morgan fingerprint density at radius 3 is 2.55 bits per heavy atom. The van der Waals surface area contributed by atoms with E-state index in [2.05, 4.69) is 34.4 Å². The number of H-pyrrole nitrogens is 1. The van der Waals surface area contributed by atoms with Crippen LogP contribution in [0.2, 0.25) is 5.02 Å². The number of aryl methyl sites for hydroxylation is 1. The van der Waals surface area contributed by atoms with E-state index in [1.807, 2.05) is 75.4 Å². The van der Waals surface area contributed by atoms with Gasteiger partial charge in [0.2, 0.25) is 12.3 Å². The van der Waals surface area contributed by atoms with Gasteiger partial charge < -0.3 is 15.0 Å². The maximum atomic E-state index is 12.6. The van der Waals surface area contributed by atoms with E-state index >= 15 is 0 Å². The summed E-state index contributed by atoms with van der Waals surface area (Å²) >= 11 is 6.38. The fourth-order valence-corrected chi connectivity index (χ4v) is 5.66. The summed E-state index contributed by atoms with van der Waals surface area (Å²) in [6.45, 7) is 9.81. The highest BCUT2D eigenvalue weighted by Gasteiger charge is 2.35. The monoisotopic (exact) mass is 586 g/mol. The van der Waals surface area contributed by atoms with Gasteiger partial charge in [0.05, 0.1) is 18.3 Å². The van der Waals surface area contributed by atoms with Crippen molar-refractivity contribution in [1.29, 1.82) is 0 Å². The van der Waals surface area contributed by atoms with Gasteiger partial charge in [-0.15, -0.1) is 0 Å². The minimum absolute atomic E-state index is 0.0132. The minimum Gasteiger partial charge on any atom is -0.494 e. The van der Waals surface area contributed by atoms with Crippen LogP contribution in [0.25, 0.3) is 10.9 Å². The SMILES string of the molecule is Cc1ccc(N(C=O)N2CCc3c([nH]c4ccc(Cl)cc34)C2c2ccc(OCCC(C)CNC(=O)C(C)C)cc2)cc1. The van der Waals surface area contributed by atoms with Crippen molar-refractivity contribution in [3.63, 3.8) is 0 Å². The van der Waals surface area contributed by atoms with Crippen LogP contribution in [-0.4, -0.2) is 42.0 Å². The van der Waals surface area contributed by atoms with E-state index in [0.29, 0.717) is 30.6 Å². The topological polar surface area (TPSA) is 77.7 Å². The van der Waals surface area contributed by atoms with Crippen molar-refractivity contribution < 1.29 is 14.3 Å². The van der Waals surface area contributed by atoms with Gasteiger partial charge in [-0.05, 0) is 79.3 Å². The molecule has 0 radical (unpaired) electrons. The van der Waals surface area contributed by atoms with E-state index in [1.165, 1.54) is 5.56 Å². The van der Waals surface area contributed by atoms with E-state index in [9.17, 15) is 9.59 Å². The molecule has 0 bridgehead atoms. The van der Waals surface area contributed by atoms with Gasteiger partial charge in [0.15, 0.2) is 0 Å². The maximum Gasteiger partial charge on any atom is 0.228 e. The molecule has 220 valence electrons. The van der Waals surface area contributed by atoms with Gasteiger partial charge in [-0.2, -0.15) is 0 Å². The molecule has 5 rings (SSSR count). The molecule has 2 atom stereocenters. The lowest BCUT2D eigenvalue weighted by atomic mass is 9.93. The van der Waals surface area contributed by atoms with Crippen molar-refractivity contribution in [3.8, 4) is 5.75 Å². The molecule has 42 heavy (non-hydrogen) atoms. The molecule has 7 nitrogen and oxygen atoms in total. The first-order valence-corrected chi connectivity index (χ1v) is 15.0. The van der Waals surface area contributed by atoms with E-state index < -0.39 is 0 Å². The summed E-state index contributed by atoms with van der Waals surface area (Å²) in [7, 11) is 0. The number of halogens is 1. The quantitative estimate of drug-likeness (QED) is 0.189. The molecule has 8 heteroatoms. The molecular weight excluding hydrogens is 548 g/mol. The second-order valence-corrected chi connectivity index (χ2v) is 12.0. The van der Waals surface area contributed by atoms with Crippen LogP contribution in [0.15, 0.2) is 66.7 Å². The molecule has 0 fully saturated rings. The number of benzene rings is 3. The number of hydrogen-bond donors (Lipinski definition) is 2. The number of hydrazine groups is 1. The lowest BCUT2D eigenvalue weighted by Gasteiger charge is -2.41. The lowest BCUT2D eigenvalue weighted by molar-refractivity contribution is -0.124. The third-order valence-corrected chi connectivity index (χ3v) is 8.20. The molecular formula is C34H39ClN4O3. The lowest BCUT2D eigenvalue weighted by Crippen LogP contribution is -2.48. The standard InChI is InChI=1S/C34H39ClN4O3/c1-22(2)34(41)36-20-24(4)16-18-42-28-12-7-25(8-13-28)33-32-29(30-19-26(35)9-14-31(30)37-32)15-17-38(33)39(21-40)27-10-5-23(3)6-11-27/h5-14,19,21-22,24,33,37H,15-18,20H2,1-4H3,(H,36,41). The molecule has 2 amide bonds. The van der Waals surface area contributed by atoms with Crippen LogP contribution in [0, 0.1) is 18.8 Å². The second-order valence-electron chi connectivity index (χ2n) is 11.5. The van der Waals surface area contributed by atoms with Crippen LogP contribution < -0.4 is 15.1 Å². The Balaban J connectivity index is 1.38. The van der Waals surface area contributed by atoms with Gasteiger partial charge in [0.25, 0.3) is 0 Å². The summed E-state index contributed by atoms with van der Waals surface area (Å²) in [5.74, 6) is 1.16. The van der Waals surface area contributed by atoms with Gasteiger partial charge in [-0.25, -0.2) is 10.0 Å². The van der Waals surface area contributed by atoms with E-state index in [-0.39, 0.29) is 17.9 Å². The molecule has 2 unspecified atom stereocenters.